The Morgan fingerprint density at radius 2 is 1.89 bits per heavy atom. The molecule has 0 spiro atoms. The van der Waals surface area contributed by atoms with E-state index in [2.05, 4.69) is 6.07 Å². The second-order valence-corrected chi connectivity index (χ2v) is 10.1. The summed E-state index contributed by atoms with van der Waals surface area (Å²) in [4.78, 5) is 13.1. The van der Waals surface area contributed by atoms with Crippen LogP contribution in [-0.4, -0.2) is 35.7 Å². The van der Waals surface area contributed by atoms with Crippen LogP contribution in [0.2, 0.25) is 5.02 Å². The molecule has 198 valence electrons. The van der Waals surface area contributed by atoms with Crippen LogP contribution in [0.25, 0.3) is 0 Å². The van der Waals surface area contributed by atoms with Gasteiger partial charge in [-0.05, 0) is 62.3 Å². The Balaban J connectivity index is 1.48. The predicted octanol–water partition coefficient (Wildman–Crippen LogP) is 6.96. The third-order valence-electron chi connectivity index (χ3n) is 7.22. The molecular formula is C26H24ClF5N2O3. The molecule has 2 aromatic rings. The molecule has 2 fully saturated rings. The van der Waals surface area contributed by atoms with Gasteiger partial charge < -0.3 is 9.84 Å². The molecular weight excluding hydrogens is 519 g/mol. The Morgan fingerprint density at radius 1 is 1.24 bits per heavy atom. The van der Waals surface area contributed by atoms with Gasteiger partial charge in [-0.25, -0.2) is 13.6 Å². The molecule has 37 heavy (non-hydrogen) atoms. The molecule has 5 nitrogen and oxygen atoms in total. The normalized spacial score (nSPS) is 18.8. The average Bonchev–Trinajstić information content (AvgIpc) is 3.69. The van der Waals surface area contributed by atoms with Crippen LogP contribution in [0.5, 0.6) is 5.75 Å². The summed E-state index contributed by atoms with van der Waals surface area (Å²) >= 11 is 5.74. The molecule has 1 saturated heterocycles. The number of carbonyl (C=O) groups is 1. The van der Waals surface area contributed by atoms with Crippen molar-refractivity contribution in [2.24, 2.45) is 5.41 Å². The number of hydrogen-bond acceptors (Lipinski definition) is 4. The van der Waals surface area contributed by atoms with Gasteiger partial charge in [0.05, 0.1) is 27.6 Å². The Hall–Kier alpha value is -2.90. The molecule has 2 aromatic carbocycles. The van der Waals surface area contributed by atoms with Crippen molar-refractivity contribution >= 4 is 17.6 Å². The molecule has 2 aliphatic rings. The van der Waals surface area contributed by atoms with Gasteiger partial charge in [0.2, 0.25) is 0 Å². The number of likely N-dealkylation sites (tertiary alicyclic amines) is 1. The van der Waals surface area contributed by atoms with Crippen molar-refractivity contribution in [1.29, 1.82) is 5.26 Å². The van der Waals surface area contributed by atoms with Crippen molar-refractivity contribution in [3.05, 3.63) is 63.2 Å². The minimum Gasteiger partial charge on any atom is -0.492 e. The second kappa shape index (κ2) is 10.1. The number of aromatic carboxylic acids is 1. The fourth-order valence-corrected chi connectivity index (χ4v) is 4.92. The molecule has 0 radical (unpaired) electrons. The summed E-state index contributed by atoms with van der Waals surface area (Å²) in [7, 11) is 0. The zero-order chi connectivity index (χ0) is 27.1. The van der Waals surface area contributed by atoms with E-state index >= 15 is 0 Å². The Morgan fingerprint density at radius 3 is 2.43 bits per heavy atom. The smallest absolute Gasteiger partial charge is 0.416 e. The lowest BCUT2D eigenvalue weighted by molar-refractivity contribution is -0.137. The topological polar surface area (TPSA) is 73.6 Å². The van der Waals surface area contributed by atoms with Gasteiger partial charge in [-0.3, -0.25) is 4.90 Å². The fourth-order valence-electron chi connectivity index (χ4n) is 4.69. The first-order valence-electron chi connectivity index (χ1n) is 11.8. The van der Waals surface area contributed by atoms with Gasteiger partial charge in [-0.2, -0.15) is 18.4 Å². The third kappa shape index (κ3) is 5.68. The lowest BCUT2D eigenvalue weighted by atomic mass is 9.80. The minimum atomic E-state index is -4.68. The number of rotatable bonds is 7. The largest absolute Gasteiger partial charge is 0.492 e. The highest BCUT2D eigenvalue weighted by molar-refractivity contribution is 6.30. The summed E-state index contributed by atoms with van der Waals surface area (Å²) in [5, 5.41) is 18.5. The fraction of sp³-hybridized carbons (Fsp3) is 0.462. The number of carboxylic acid groups (broad SMARTS) is 1. The SMILES string of the molecule is CC(c1cc(C(F)(F)F)cc(Cl)c1F)N1CCC(C#N)(COc2cc(F)c(C(=O)O)cc2C2CC2)CC1. The van der Waals surface area contributed by atoms with Gasteiger partial charge in [0.1, 0.15) is 24.0 Å². The highest BCUT2D eigenvalue weighted by Gasteiger charge is 2.39. The minimum absolute atomic E-state index is 0.0684. The van der Waals surface area contributed by atoms with Gasteiger partial charge in [0.15, 0.2) is 0 Å². The zero-order valence-corrected chi connectivity index (χ0v) is 20.6. The zero-order valence-electron chi connectivity index (χ0n) is 19.8. The molecule has 0 bridgehead atoms. The van der Waals surface area contributed by atoms with Gasteiger partial charge in [-0.15, -0.1) is 0 Å². The van der Waals surface area contributed by atoms with Crippen molar-refractivity contribution in [2.45, 2.75) is 50.7 Å². The van der Waals surface area contributed by atoms with Crippen LogP contribution < -0.4 is 4.74 Å². The monoisotopic (exact) mass is 542 g/mol. The average molecular weight is 543 g/mol. The maximum Gasteiger partial charge on any atom is 0.416 e. The summed E-state index contributed by atoms with van der Waals surface area (Å²) in [6.07, 6.45) is -2.45. The van der Waals surface area contributed by atoms with E-state index < -0.39 is 51.4 Å². The van der Waals surface area contributed by atoms with Gasteiger partial charge >= 0.3 is 12.1 Å². The lowest BCUT2D eigenvalue weighted by Crippen LogP contribution is -2.43. The van der Waals surface area contributed by atoms with E-state index in [1.165, 1.54) is 6.07 Å². The van der Waals surface area contributed by atoms with E-state index in [-0.39, 0.29) is 49.8 Å². The molecule has 4 rings (SSSR count). The van der Waals surface area contributed by atoms with E-state index in [1.54, 1.807) is 11.8 Å². The first kappa shape index (κ1) is 27.1. The number of alkyl halides is 3. The summed E-state index contributed by atoms with van der Waals surface area (Å²) in [5.74, 6) is -2.94. The molecule has 1 aliphatic carbocycles. The third-order valence-corrected chi connectivity index (χ3v) is 7.50. The Labute approximate surface area is 215 Å². The van der Waals surface area contributed by atoms with Crippen LogP contribution in [0.3, 0.4) is 0 Å². The van der Waals surface area contributed by atoms with E-state index in [9.17, 15) is 37.1 Å². The van der Waals surface area contributed by atoms with Crippen LogP contribution >= 0.6 is 11.6 Å². The summed E-state index contributed by atoms with van der Waals surface area (Å²) in [5.41, 5.74) is -2.01. The van der Waals surface area contributed by atoms with Crippen molar-refractivity contribution in [3.63, 3.8) is 0 Å². The molecule has 1 aliphatic heterocycles. The van der Waals surface area contributed by atoms with Gasteiger partial charge in [0.25, 0.3) is 0 Å². The maximum atomic E-state index is 14.7. The van der Waals surface area contributed by atoms with Crippen LogP contribution in [0.1, 0.15) is 71.6 Å². The van der Waals surface area contributed by atoms with E-state index in [1.807, 2.05) is 0 Å². The predicted molar refractivity (Wildman–Crippen MR) is 125 cm³/mol. The second-order valence-electron chi connectivity index (χ2n) is 9.70. The maximum absolute atomic E-state index is 14.7. The summed E-state index contributed by atoms with van der Waals surface area (Å²) in [6, 6.07) is 5.18. The number of hydrogen-bond donors (Lipinski definition) is 1. The van der Waals surface area contributed by atoms with E-state index in [0.717, 1.165) is 25.0 Å². The number of benzene rings is 2. The van der Waals surface area contributed by atoms with Crippen LogP contribution in [-0.2, 0) is 6.18 Å². The van der Waals surface area contributed by atoms with Crippen LogP contribution in [0.15, 0.2) is 24.3 Å². The number of nitriles is 1. The Bertz CT molecular complexity index is 1250. The lowest BCUT2D eigenvalue weighted by Gasteiger charge is -2.40. The van der Waals surface area contributed by atoms with Crippen LogP contribution in [0, 0.1) is 28.4 Å². The summed E-state index contributed by atoms with van der Waals surface area (Å²) < 4.78 is 74.6. The first-order chi connectivity index (χ1) is 17.3. The molecule has 11 heteroatoms. The number of nitrogens with zero attached hydrogens (tertiary/aromatic N) is 2. The number of ether oxygens (including phenoxy) is 1. The molecule has 1 saturated carbocycles. The van der Waals surface area contributed by atoms with Crippen molar-refractivity contribution in [3.8, 4) is 11.8 Å². The molecule has 1 heterocycles. The number of halogens is 6. The molecule has 0 aromatic heterocycles. The molecule has 1 unspecified atom stereocenters. The van der Waals surface area contributed by atoms with Crippen molar-refractivity contribution in [1.82, 2.24) is 4.90 Å². The quantitative estimate of drug-likeness (QED) is 0.383. The molecule has 0 amide bonds. The molecule has 1 N–H and O–H groups in total. The highest BCUT2D eigenvalue weighted by Crippen LogP contribution is 2.46. The van der Waals surface area contributed by atoms with Gasteiger partial charge in [0, 0.05) is 30.8 Å². The summed E-state index contributed by atoms with van der Waals surface area (Å²) in [6.45, 7) is 2.08. The first-order valence-corrected chi connectivity index (χ1v) is 12.1. The molecule has 1 atom stereocenters. The van der Waals surface area contributed by atoms with Crippen molar-refractivity contribution < 1.29 is 36.6 Å². The van der Waals surface area contributed by atoms with Crippen molar-refractivity contribution in [2.75, 3.05) is 19.7 Å². The van der Waals surface area contributed by atoms with E-state index in [4.69, 9.17) is 16.3 Å². The number of piperidine rings is 1. The highest BCUT2D eigenvalue weighted by atomic mass is 35.5. The Kier molecular flexibility index (Phi) is 7.41. The van der Waals surface area contributed by atoms with E-state index in [0.29, 0.717) is 11.6 Å². The number of carboxylic acids is 1. The standard InChI is InChI=1S/C26H24ClF5N2O3/c1-14(17-8-16(26(30,31)32)9-20(27)23(17)29)34-6-4-25(12-33,5-7-34)13-37-22-11-21(28)19(24(35)36)10-18(22)15-2-3-15/h8-11,14-15H,2-7,13H2,1H3,(H,35,36). The van der Waals surface area contributed by atoms with Crippen LogP contribution in [0.4, 0.5) is 22.0 Å². The van der Waals surface area contributed by atoms with Gasteiger partial charge in [-0.1, -0.05) is 11.6 Å².